The number of hydrogen-bond acceptors (Lipinski definition) is 2. The molecule has 0 aromatic heterocycles. The van der Waals surface area contributed by atoms with Crippen molar-refractivity contribution in [3.63, 3.8) is 0 Å². The lowest BCUT2D eigenvalue weighted by Crippen LogP contribution is -2.23. The first-order chi connectivity index (χ1) is 8.10. The van der Waals surface area contributed by atoms with Crippen molar-refractivity contribution in [2.75, 3.05) is 18.0 Å². The Kier molecular flexibility index (Phi) is 4.79. The van der Waals surface area contributed by atoms with Crippen molar-refractivity contribution in [1.29, 1.82) is 0 Å². The highest BCUT2D eigenvalue weighted by atomic mass is 35.5. The van der Waals surface area contributed by atoms with Gasteiger partial charge in [0.1, 0.15) is 0 Å². The Hall–Kier alpha value is -1.74. The van der Waals surface area contributed by atoms with E-state index in [1.165, 1.54) is 12.1 Å². The van der Waals surface area contributed by atoms with E-state index in [0.717, 1.165) is 5.69 Å². The molecule has 0 aliphatic heterocycles. The fourth-order valence-electron chi connectivity index (χ4n) is 1.48. The molecule has 0 bridgehead atoms. The third-order valence-corrected chi connectivity index (χ3v) is 2.54. The molecule has 1 aromatic rings. The van der Waals surface area contributed by atoms with Crippen LogP contribution in [0.1, 0.15) is 10.4 Å². The summed E-state index contributed by atoms with van der Waals surface area (Å²) in [7, 11) is 0. The summed E-state index contributed by atoms with van der Waals surface area (Å²) < 4.78 is 0. The lowest BCUT2D eigenvalue weighted by molar-refractivity contribution is 0.0697. The molecule has 90 valence electrons. The molecule has 0 radical (unpaired) electrons. The zero-order valence-electron chi connectivity index (χ0n) is 9.40. The van der Waals surface area contributed by atoms with Gasteiger partial charge in [-0.05, 0) is 18.2 Å². The SMILES string of the molecule is C=CCN(CC=C)c1ccc(C(=O)O)cc1Cl. The van der Waals surface area contributed by atoms with Gasteiger partial charge in [0.2, 0.25) is 0 Å². The van der Waals surface area contributed by atoms with E-state index in [-0.39, 0.29) is 5.56 Å². The number of nitrogens with zero attached hydrogens (tertiary/aromatic N) is 1. The van der Waals surface area contributed by atoms with Crippen LogP contribution in [0.3, 0.4) is 0 Å². The van der Waals surface area contributed by atoms with Gasteiger partial charge in [0.25, 0.3) is 0 Å². The van der Waals surface area contributed by atoms with E-state index < -0.39 is 5.97 Å². The van der Waals surface area contributed by atoms with Gasteiger partial charge in [0, 0.05) is 13.1 Å². The topological polar surface area (TPSA) is 40.5 Å². The summed E-state index contributed by atoms with van der Waals surface area (Å²) in [4.78, 5) is 12.7. The van der Waals surface area contributed by atoms with Gasteiger partial charge in [-0.1, -0.05) is 23.8 Å². The predicted molar refractivity (Wildman–Crippen MR) is 71.0 cm³/mol. The van der Waals surface area contributed by atoms with Crippen LogP contribution in [0.25, 0.3) is 0 Å². The summed E-state index contributed by atoms with van der Waals surface area (Å²) in [6, 6.07) is 4.67. The summed E-state index contributed by atoms with van der Waals surface area (Å²) in [6.07, 6.45) is 3.51. The molecule has 0 heterocycles. The number of halogens is 1. The number of carboxylic acids is 1. The van der Waals surface area contributed by atoms with Crippen LogP contribution in [0, 0.1) is 0 Å². The van der Waals surface area contributed by atoms with E-state index in [4.69, 9.17) is 16.7 Å². The Morgan fingerprint density at radius 3 is 2.35 bits per heavy atom. The monoisotopic (exact) mass is 251 g/mol. The van der Waals surface area contributed by atoms with Crippen molar-refractivity contribution in [3.05, 3.63) is 54.1 Å². The van der Waals surface area contributed by atoms with Crippen molar-refractivity contribution in [3.8, 4) is 0 Å². The van der Waals surface area contributed by atoms with E-state index >= 15 is 0 Å². The van der Waals surface area contributed by atoms with Crippen molar-refractivity contribution >= 4 is 23.3 Å². The van der Waals surface area contributed by atoms with Crippen molar-refractivity contribution in [1.82, 2.24) is 0 Å². The van der Waals surface area contributed by atoms with Crippen molar-refractivity contribution < 1.29 is 9.90 Å². The van der Waals surface area contributed by atoms with Gasteiger partial charge in [-0.2, -0.15) is 0 Å². The summed E-state index contributed by atoms with van der Waals surface area (Å²) in [5, 5.41) is 9.25. The molecular weight excluding hydrogens is 238 g/mol. The molecule has 3 nitrogen and oxygen atoms in total. The highest BCUT2D eigenvalue weighted by Gasteiger charge is 2.11. The lowest BCUT2D eigenvalue weighted by Gasteiger charge is -2.22. The summed E-state index contributed by atoms with van der Waals surface area (Å²) >= 11 is 6.07. The molecule has 1 rings (SSSR count). The minimum atomic E-state index is -0.988. The molecule has 1 aromatic carbocycles. The third-order valence-electron chi connectivity index (χ3n) is 2.23. The Morgan fingerprint density at radius 1 is 1.35 bits per heavy atom. The number of hydrogen-bond donors (Lipinski definition) is 1. The minimum Gasteiger partial charge on any atom is -0.478 e. The van der Waals surface area contributed by atoms with E-state index in [2.05, 4.69) is 13.2 Å². The molecule has 0 saturated carbocycles. The van der Waals surface area contributed by atoms with E-state index in [1.807, 2.05) is 4.90 Å². The molecule has 0 spiro atoms. The van der Waals surface area contributed by atoms with Crippen molar-refractivity contribution in [2.24, 2.45) is 0 Å². The van der Waals surface area contributed by atoms with Crippen molar-refractivity contribution in [2.45, 2.75) is 0 Å². The summed E-state index contributed by atoms with van der Waals surface area (Å²) in [5.74, 6) is -0.988. The van der Waals surface area contributed by atoms with Crippen LogP contribution in [0.5, 0.6) is 0 Å². The first-order valence-corrected chi connectivity index (χ1v) is 5.47. The van der Waals surface area contributed by atoms with E-state index in [9.17, 15) is 4.79 Å². The maximum absolute atomic E-state index is 10.8. The predicted octanol–water partition coefficient (Wildman–Crippen LogP) is 3.22. The first-order valence-electron chi connectivity index (χ1n) is 5.09. The van der Waals surface area contributed by atoms with Crippen LogP contribution in [0.4, 0.5) is 5.69 Å². The molecular formula is C13H14ClNO2. The normalized spacial score (nSPS) is 9.71. The quantitative estimate of drug-likeness (QED) is 0.790. The highest BCUT2D eigenvalue weighted by Crippen LogP contribution is 2.27. The summed E-state index contributed by atoms with van der Waals surface area (Å²) in [5.41, 5.74) is 0.951. The van der Waals surface area contributed by atoms with Crippen LogP contribution >= 0.6 is 11.6 Å². The molecule has 17 heavy (non-hydrogen) atoms. The van der Waals surface area contributed by atoms with Gasteiger partial charge in [-0.3, -0.25) is 0 Å². The highest BCUT2D eigenvalue weighted by molar-refractivity contribution is 6.33. The third kappa shape index (κ3) is 3.36. The standard InChI is InChI=1S/C13H14ClNO2/c1-3-7-15(8-4-2)12-6-5-10(13(16)17)9-11(12)14/h3-6,9H,1-2,7-8H2,(H,16,17). The second-order valence-electron chi connectivity index (χ2n) is 3.45. The maximum atomic E-state index is 10.8. The number of carboxylic acid groups (broad SMARTS) is 1. The number of carbonyl (C=O) groups is 1. The van der Waals surface area contributed by atoms with Crippen LogP contribution < -0.4 is 4.90 Å². The fraction of sp³-hybridized carbons (Fsp3) is 0.154. The fourth-order valence-corrected chi connectivity index (χ4v) is 1.78. The van der Waals surface area contributed by atoms with Crippen LogP contribution in [-0.2, 0) is 0 Å². The lowest BCUT2D eigenvalue weighted by atomic mass is 10.2. The van der Waals surface area contributed by atoms with Gasteiger partial charge in [0.05, 0.1) is 16.3 Å². The van der Waals surface area contributed by atoms with E-state index in [0.29, 0.717) is 18.1 Å². The zero-order chi connectivity index (χ0) is 12.8. The second kappa shape index (κ2) is 6.11. The number of benzene rings is 1. The van der Waals surface area contributed by atoms with Crippen LogP contribution in [0.15, 0.2) is 43.5 Å². The Bertz CT molecular complexity index is 433. The largest absolute Gasteiger partial charge is 0.478 e. The van der Waals surface area contributed by atoms with Gasteiger partial charge < -0.3 is 10.0 Å². The Morgan fingerprint density at radius 2 is 1.94 bits per heavy atom. The van der Waals surface area contributed by atoms with E-state index in [1.54, 1.807) is 18.2 Å². The molecule has 0 saturated heterocycles. The molecule has 0 amide bonds. The van der Waals surface area contributed by atoms with Gasteiger partial charge in [-0.25, -0.2) is 4.79 Å². The first kappa shape index (κ1) is 13.3. The summed E-state index contributed by atoms with van der Waals surface area (Å²) in [6.45, 7) is 8.59. The second-order valence-corrected chi connectivity index (χ2v) is 3.86. The molecule has 4 heteroatoms. The Balaban J connectivity index is 3.07. The zero-order valence-corrected chi connectivity index (χ0v) is 10.2. The van der Waals surface area contributed by atoms with Crippen LogP contribution in [0.2, 0.25) is 5.02 Å². The van der Waals surface area contributed by atoms with Gasteiger partial charge in [0.15, 0.2) is 0 Å². The molecule has 0 atom stereocenters. The number of anilines is 1. The molecule has 0 aliphatic rings. The molecule has 1 N–H and O–H groups in total. The van der Waals surface area contributed by atoms with Gasteiger partial charge in [-0.15, -0.1) is 13.2 Å². The average Bonchev–Trinajstić information content (AvgIpc) is 2.28. The maximum Gasteiger partial charge on any atom is 0.335 e. The van der Waals surface area contributed by atoms with Gasteiger partial charge >= 0.3 is 5.97 Å². The average molecular weight is 252 g/mol. The molecule has 0 fully saturated rings. The smallest absolute Gasteiger partial charge is 0.335 e. The number of aromatic carboxylic acids is 1. The number of rotatable bonds is 6. The molecule has 0 aliphatic carbocycles. The van der Waals surface area contributed by atoms with Crippen LogP contribution in [-0.4, -0.2) is 24.2 Å². The Labute approximate surface area is 106 Å². The molecule has 0 unspecified atom stereocenters. The minimum absolute atomic E-state index is 0.177.